The van der Waals surface area contributed by atoms with Gasteiger partial charge in [0.05, 0.1) is 24.5 Å². The highest BCUT2D eigenvalue weighted by molar-refractivity contribution is 5.90. The van der Waals surface area contributed by atoms with E-state index in [0.717, 1.165) is 18.5 Å². The smallest absolute Gasteiger partial charge is 0.339 e. The fourth-order valence-corrected chi connectivity index (χ4v) is 1.53. The molecule has 0 saturated heterocycles. The average Bonchev–Trinajstić information content (AvgIpc) is 2.30. The van der Waals surface area contributed by atoms with Crippen LogP contribution in [-0.2, 0) is 11.2 Å². The highest BCUT2D eigenvalue weighted by Gasteiger charge is 2.14. The molecule has 1 aromatic heterocycles. The Morgan fingerprint density at radius 2 is 2.00 bits per heavy atom. The fourth-order valence-electron chi connectivity index (χ4n) is 1.53. The van der Waals surface area contributed by atoms with Gasteiger partial charge in [0.15, 0.2) is 0 Å². The van der Waals surface area contributed by atoms with Crippen LogP contribution in [0.5, 0.6) is 5.88 Å². The van der Waals surface area contributed by atoms with E-state index >= 15 is 0 Å². The largest absolute Gasteiger partial charge is 0.478 e. The molecule has 0 aliphatic heterocycles. The van der Waals surface area contributed by atoms with Gasteiger partial charge in [0.25, 0.3) is 0 Å². The molecule has 0 aromatic carbocycles. The number of carbonyl (C=O) groups excluding carboxylic acids is 1. The first kappa shape index (κ1) is 13.5. The maximum atomic E-state index is 11.7. The Bertz CT molecular complexity index is 377. The number of nitrogens with zero attached hydrogens (tertiary/aromatic N) is 1. The third kappa shape index (κ3) is 3.73. The van der Waals surface area contributed by atoms with Crippen molar-refractivity contribution >= 4 is 5.97 Å². The molecule has 0 spiro atoms. The van der Waals surface area contributed by atoms with Crippen LogP contribution >= 0.6 is 0 Å². The molecule has 0 atom stereocenters. The molecule has 0 bridgehead atoms. The van der Waals surface area contributed by atoms with Crippen LogP contribution in [0.4, 0.5) is 0 Å². The van der Waals surface area contributed by atoms with Crippen molar-refractivity contribution in [2.24, 2.45) is 0 Å². The van der Waals surface area contributed by atoms with Crippen molar-refractivity contribution in [1.29, 1.82) is 0 Å². The van der Waals surface area contributed by atoms with E-state index in [1.165, 1.54) is 0 Å². The van der Waals surface area contributed by atoms with Gasteiger partial charge in [-0.1, -0.05) is 13.3 Å². The van der Waals surface area contributed by atoms with Crippen LogP contribution < -0.4 is 4.74 Å². The minimum absolute atomic E-state index is 0.313. The summed E-state index contributed by atoms with van der Waals surface area (Å²) in [6.45, 7) is 6.68. The topological polar surface area (TPSA) is 48.4 Å². The Kier molecular flexibility index (Phi) is 5.46. The Morgan fingerprint density at radius 1 is 1.24 bits per heavy atom. The van der Waals surface area contributed by atoms with Crippen LogP contribution in [0.3, 0.4) is 0 Å². The molecule has 0 amide bonds. The Morgan fingerprint density at radius 3 is 2.59 bits per heavy atom. The summed E-state index contributed by atoms with van der Waals surface area (Å²) < 4.78 is 10.3. The van der Waals surface area contributed by atoms with E-state index in [0.29, 0.717) is 24.7 Å². The number of aromatic nitrogens is 1. The van der Waals surface area contributed by atoms with Crippen molar-refractivity contribution in [2.45, 2.75) is 33.6 Å². The third-order valence-electron chi connectivity index (χ3n) is 2.22. The van der Waals surface area contributed by atoms with E-state index in [1.807, 2.05) is 13.8 Å². The zero-order chi connectivity index (χ0) is 12.7. The van der Waals surface area contributed by atoms with E-state index in [9.17, 15) is 4.79 Å². The molecule has 1 heterocycles. The number of carbonyl (C=O) groups is 1. The van der Waals surface area contributed by atoms with Gasteiger partial charge in [0, 0.05) is 6.07 Å². The molecule has 0 saturated carbocycles. The van der Waals surface area contributed by atoms with Crippen LogP contribution in [0.1, 0.15) is 43.2 Å². The molecule has 0 unspecified atom stereocenters. The molecule has 0 aliphatic carbocycles. The molecule has 0 N–H and O–H groups in total. The van der Waals surface area contributed by atoms with Gasteiger partial charge in [-0.3, -0.25) is 0 Å². The quantitative estimate of drug-likeness (QED) is 0.713. The summed E-state index contributed by atoms with van der Waals surface area (Å²) in [5.74, 6) is 0.246. The zero-order valence-corrected chi connectivity index (χ0v) is 10.7. The lowest BCUT2D eigenvalue weighted by Gasteiger charge is -2.09. The van der Waals surface area contributed by atoms with Gasteiger partial charge < -0.3 is 9.47 Å². The van der Waals surface area contributed by atoms with Crippen LogP contribution in [0.2, 0.25) is 0 Å². The van der Waals surface area contributed by atoms with E-state index in [1.54, 1.807) is 19.1 Å². The van der Waals surface area contributed by atoms with Crippen molar-refractivity contribution < 1.29 is 14.3 Å². The number of ether oxygens (including phenoxy) is 2. The predicted octanol–water partition coefficient (Wildman–Crippen LogP) is 2.61. The van der Waals surface area contributed by atoms with Gasteiger partial charge in [0.2, 0.25) is 5.88 Å². The van der Waals surface area contributed by atoms with Gasteiger partial charge in [-0.2, -0.15) is 0 Å². The van der Waals surface area contributed by atoms with Crippen LogP contribution in [-0.4, -0.2) is 24.2 Å². The van der Waals surface area contributed by atoms with Crippen molar-refractivity contribution in [3.05, 3.63) is 23.4 Å². The molecule has 94 valence electrons. The summed E-state index contributed by atoms with van der Waals surface area (Å²) in [7, 11) is 0. The normalized spacial score (nSPS) is 10.1. The second-order valence-electron chi connectivity index (χ2n) is 3.55. The molecule has 0 radical (unpaired) electrons. The first-order chi connectivity index (χ1) is 8.22. The summed E-state index contributed by atoms with van der Waals surface area (Å²) in [6.07, 6.45) is 1.67. The summed E-state index contributed by atoms with van der Waals surface area (Å²) in [5.41, 5.74) is 1.29. The van der Waals surface area contributed by atoms with Crippen molar-refractivity contribution in [2.75, 3.05) is 13.2 Å². The van der Waals surface area contributed by atoms with Crippen LogP contribution in [0.15, 0.2) is 12.1 Å². The first-order valence-electron chi connectivity index (χ1n) is 6.02. The summed E-state index contributed by atoms with van der Waals surface area (Å²) in [5, 5.41) is 0. The fraction of sp³-hybridized carbons (Fsp3) is 0.538. The monoisotopic (exact) mass is 237 g/mol. The second-order valence-corrected chi connectivity index (χ2v) is 3.55. The molecular weight excluding hydrogens is 218 g/mol. The minimum atomic E-state index is -0.313. The van der Waals surface area contributed by atoms with Gasteiger partial charge in [-0.05, 0) is 26.3 Å². The molecule has 17 heavy (non-hydrogen) atoms. The molecule has 1 aromatic rings. The number of pyridine rings is 1. The van der Waals surface area contributed by atoms with E-state index in [4.69, 9.17) is 9.47 Å². The molecule has 0 fully saturated rings. The maximum Gasteiger partial charge on any atom is 0.339 e. The summed E-state index contributed by atoms with van der Waals surface area (Å²) in [6, 6.07) is 3.43. The van der Waals surface area contributed by atoms with E-state index in [2.05, 4.69) is 4.98 Å². The van der Waals surface area contributed by atoms with Crippen LogP contribution in [0.25, 0.3) is 0 Å². The van der Waals surface area contributed by atoms with Crippen molar-refractivity contribution in [3.63, 3.8) is 0 Å². The highest BCUT2D eigenvalue weighted by Crippen LogP contribution is 2.16. The van der Waals surface area contributed by atoms with Crippen molar-refractivity contribution in [3.8, 4) is 5.88 Å². The Hall–Kier alpha value is -1.58. The van der Waals surface area contributed by atoms with E-state index in [-0.39, 0.29) is 5.97 Å². The average molecular weight is 237 g/mol. The minimum Gasteiger partial charge on any atom is -0.478 e. The zero-order valence-electron chi connectivity index (χ0n) is 10.7. The lowest BCUT2D eigenvalue weighted by molar-refractivity contribution is 0.0524. The first-order valence-corrected chi connectivity index (χ1v) is 6.02. The molecule has 1 rings (SSSR count). The lowest BCUT2D eigenvalue weighted by Crippen LogP contribution is -2.10. The van der Waals surface area contributed by atoms with Gasteiger partial charge in [-0.25, -0.2) is 9.78 Å². The maximum absolute atomic E-state index is 11.7. The molecule has 4 nitrogen and oxygen atoms in total. The van der Waals surface area contributed by atoms with Crippen LogP contribution in [0, 0.1) is 0 Å². The summed E-state index contributed by atoms with van der Waals surface area (Å²) >= 11 is 0. The summed E-state index contributed by atoms with van der Waals surface area (Å²) in [4.78, 5) is 16.0. The van der Waals surface area contributed by atoms with Crippen molar-refractivity contribution in [1.82, 2.24) is 4.98 Å². The SMILES string of the molecule is CCCc1nc(OCC)ccc1C(=O)OCC. The second kappa shape index (κ2) is 6.89. The third-order valence-corrected chi connectivity index (χ3v) is 2.22. The number of hydrogen-bond donors (Lipinski definition) is 0. The number of rotatable bonds is 6. The van der Waals surface area contributed by atoms with Gasteiger partial charge in [-0.15, -0.1) is 0 Å². The number of hydrogen-bond acceptors (Lipinski definition) is 4. The Balaban J connectivity index is 2.98. The Labute approximate surface area is 102 Å². The van der Waals surface area contributed by atoms with Gasteiger partial charge in [0.1, 0.15) is 0 Å². The standard InChI is InChI=1S/C13H19NO3/c1-4-7-11-10(13(15)17-6-3)8-9-12(14-11)16-5-2/h8-9H,4-7H2,1-3H3. The van der Waals surface area contributed by atoms with Gasteiger partial charge >= 0.3 is 5.97 Å². The molecular formula is C13H19NO3. The lowest BCUT2D eigenvalue weighted by atomic mass is 10.1. The highest BCUT2D eigenvalue weighted by atomic mass is 16.5. The number of esters is 1. The predicted molar refractivity (Wildman–Crippen MR) is 65.4 cm³/mol. The van der Waals surface area contributed by atoms with E-state index < -0.39 is 0 Å². The number of aryl methyl sites for hydroxylation is 1. The molecule has 0 aliphatic rings. The molecule has 4 heteroatoms.